The maximum Gasteiger partial charge on any atom is 0.564 e. The third kappa shape index (κ3) is 7.66. The van der Waals surface area contributed by atoms with Crippen LogP contribution in [-0.4, -0.2) is 7.27 Å². The zero-order valence-electron chi connectivity index (χ0n) is 5.61. The molecule has 0 N–H and O–H groups in total. The van der Waals surface area contributed by atoms with Crippen LogP contribution in [0.2, 0.25) is 0 Å². The maximum absolute atomic E-state index is 11.4. The van der Waals surface area contributed by atoms with Gasteiger partial charge < -0.3 is 0 Å². The van der Waals surface area contributed by atoms with Crippen molar-refractivity contribution in [3.8, 4) is 0 Å². The summed E-state index contributed by atoms with van der Waals surface area (Å²) >= 11 is 0. The van der Waals surface area contributed by atoms with Crippen molar-refractivity contribution < 1.29 is 8.63 Å². The minimum Gasteiger partial charge on any atom is -0.282 e. The third-order valence-electron chi connectivity index (χ3n) is 1.01. The standard InChI is InChI=1S/C6H11BF2/c1-2-3-4-5-6-7(8)9/h5-6H,2-4H2,1H3/b6-5-. The molecule has 0 aliphatic carbocycles. The smallest absolute Gasteiger partial charge is 0.282 e. The summed E-state index contributed by atoms with van der Waals surface area (Å²) in [5.74, 6) is 0.940. The lowest BCUT2D eigenvalue weighted by atomic mass is 9.98. The van der Waals surface area contributed by atoms with Crippen molar-refractivity contribution in [3.05, 3.63) is 12.1 Å². The molecule has 52 valence electrons. The summed E-state index contributed by atoms with van der Waals surface area (Å²) in [6, 6.07) is 0. The molecular formula is C6H11BF2. The topological polar surface area (TPSA) is 0 Å². The van der Waals surface area contributed by atoms with E-state index >= 15 is 0 Å². The Labute approximate surface area is 55.1 Å². The summed E-state index contributed by atoms with van der Waals surface area (Å²) in [5, 5.41) is 0. The van der Waals surface area contributed by atoms with Crippen LogP contribution in [0, 0.1) is 0 Å². The molecule has 0 rings (SSSR count). The lowest BCUT2D eigenvalue weighted by Crippen LogP contribution is -1.87. The molecule has 0 atom stereocenters. The van der Waals surface area contributed by atoms with Gasteiger partial charge in [0, 0.05) is 0 Å². The monoisotopic (exact) mass is 132 g/mol. The van der Waals surface area contributed by atoms with Crippen molar-refractivity contribution >= 4 is 7.27 Å². The normalized spacial score (nSPS) is 10.6. The molecule has 0 unspecified atom stereocenters. The Morgan fingerprint density at radius 2 is 2.11 bits per heavy atom. The van der Waals surface area contributed by atoms with Gasteiger partial charge in [-0.2, -0.15) is 0 Å². The lowest BCUT2D eigenvalue weighted by molar-refractivity contribution is 0.682. The molecular weight excluding hydrogens is 121 g/mol. The van der Waals surface area contributed by atoms with E-state index in [1.807, 2.05) is 6.92 Å². The summed E-state index contributed by atoms with van der Waals surface area (Å²) in [4.78, 5) is 0. The Morgan fingerprint density at radius 3 is 2.56 bits per heavy atom. The number of unbranched alkanes of at least 4 members (excludes halogenated alkanes) is 2. The average molecular weight is 132 g/mol. The predicted octanol–water partition coefficient (Wildman–Crippen LogP) is 2.70. The average Bonchev–Trinajstić information content (AvgIpc) is 1.80. The molecule has 0 saturated heterocycles. The van der Waals surface area contributed by atoms with Gasteiger partial charge >= 0.3 is 7.27 Å². The molecule has 0 amide bonds. The van der Waals surface area contributed by atoms with E-state index in [2.05, 4.69) is 0 Å². The first-order chi connectivity index (χ1) is 4.27. The molecule has 3 heteroatoms. The predicted molar refractivity (Wildman–Crippen MR) is 36.6 cm³/mol. The number of hydrogen-bond donors (Lipinski definition) is 0. The van der Waals surface area contributed by atoms with Crippen LogP contribution in [-0.2, 0) is 0 Å². The third-order valence-corrected chi connectivity index (χ3v) is 1.01. The van der Waals surface area contributed by atoms with Gasteiger partial charge in [0.15, 0.2) is 0 Å². The largest absolute Gasteiger partial charge is 0.564 e. The minimum atomic E-state index is -2.28. The fourth-order valence-electron chi connectivity index (χ4n) is 0.521. The van der Waals surface area contributed by atoms with Gasteiger partial charge in [-0.1, -0.05) is 25.8 Å². The second-order valence-electron chi connectivity index (χ2n) is 1.90. The molecule has 0 bridgehead atoms. The van der Waals surface area contributed by atoms with Gasteiger partial charge in [0.25, 0.3) is 0 Å². The summed E-state index contributed by atoms with van der Waals surface area (Å²) in [7, 11) is -2.28. The van der Waals surface area contributed by atoms with E-state index in [4.69, 9.17) is 0 Å². The van der Waals surface area contributed by atoms with Crippen LogP contribution in [0.5, 0.6) is 0 Å². The van der Waals surface area contributed by atoms with Crippen LogP contribution in [0.3, 0.4) is 0 Å². The van der Waals surface area contributed by atoms with E-state index in [0.29, 0.717) is 0 Å². The molecule has 0 saturated carbocycles. The molecule has 0 aliphatic heterocycles. The summed E-state index contributed by atoms with van der Waals surface area (Å²) in [6.07, 6.45) is 4.38. The van der Waals surface area contributed by atoms with Gasteiger partial charge in [0.05, 0.1) is 0 Å². The molecule has 0 aliphatic rings. The van der Waals surface area contributed by atoms with E-state index in [1.54, 1.807) is 0 Å². The van der Waals surface area contributed by atoms with Crippen molar-refractivity contribution in [2.75, 3.05) is 0 Å². The Morgan fingerprint density at radius 1 is 1.44 bits per heavy atom. The highest BCUT2D eigenvalue weighted by molar-refractivity contribution is 6.49. The zero-order chi connectivity index (χ0) is 7.11. The van der Waals surface area contributed by atoms with Gasteiger partial charge in [-0.25, -0.2) is 0 Å². The molecule has 0 spiro atoms. The Balaban J connectivity index is 3.04. The first kappa shape index (κ1) is 8.66. The van der Waals surface area contributed by atoms with Crippen LogP contribution < -0.4 is 0 Å². The van der Waals surface area contributed by atoms with Crippen LogP contribution in [0.15, 0.2) is 12.1 Å². The molecule has 0 aromatic rings. The van der Waals surface area contributed by atoms with Crippen LogP contribution in [0.4, 0.5) is 8.63 Å². The maximum atomic E-state index is 11.4. The van der Waals surface area contributed by atoms with Gasteiger partial charge in [0.2, 0.25) is 0 Å². The van der Waals surface area contributed by atoms with E-state index in [0.717, 1.165) is 25.2 Å². The highest BCUT2D eigenvalue weighted by atomic mass is 19.2. The first-order valence-corrected chi connectivity index (χ1v) is 3.22. The molecule has 0 radical (unpaired) electrons. The molecule has 0 nitrogen and oxygen atoms in total. The highest BCUT2D eigenvalue weighted by Crippen LogP contribution is 1.96. The Kier molecular flexibility index (Phi) is 5.58. The molecule has 0 aromatic heterocycles. The van der Waals surface area contributed by atoms with Gasteiger partial charge in [0.1, 0.15) is 0 Å². The van der Waals surface area contributed by atoms with E-state index in [1.165, 1.54) is 6.08 Å². The van der Waals surface area contributed by atoms with E-state index < -0.39 is 7.27 Å². The first-order valence-electron chi connectivity index (χ1n) is 3.22. The number of rotatable bonds is 4. The van der Waals surface area contributed by atoms with Crippen LogP contribution >= 0.6 is 0 Å². The second kappa shape index (κ2) is 5.80. The Hall–Kier alpha value is -0.335. The zero-order valence-corrected chi connectivity index (χ0v) is 5.61. The minimum absolute atomic E-state index is 0.779. The van der Waals surface area contributed by atoms with Gasteiger partial charge in [-0.3, -0.25) is 8.63 Å². The van der Waals surface area contributed by atoms with Crippen LogP contribution in [0.1, 0.15) is 26.2 Å². The lowest BCUT2D eigenvalue weighted by Gasteiger charge is -1.85. The van der Waals surface area contributed by atoms with Crippen molar-refractivity contribution in [3.63, 3.8) is 0 Å². The fraction of sp³-hybridized carbons (Fsp3) is 0.667. The van der Waals surface area contributed by atoms with Crippen LogP contribution in [0.25, 0.3) is 0 Å². The second-order valence-corrected chi connectivity index (χ2v) is 1.90. The number of hydrogen-bond acceptors (Lipinski definition) is 0. The van der Waals surface area contributed by atoms with Gasteiger partial charge in [-0.05, 0) is 12.4 Å². The van der Waals surface area contributed by atoms with Crippen molar-refractivity contribution in [2.45, 2.75) is 26.2 Å². The number of halogens is 2. The van der Waals surface area contributed by atoms with Gasteiger partial charge in [-0.15, -0.1) is 0 Å². The highest BCUT2D eigenvalue weighted by Gasteiger charge is 2.02. The van der Waals surface area contributed by atoms with E-state index in [-0.39, 0.29) is 0 Å². The fourth-order valence-corrected chi connectivity index (χ4v) is 0.521. The molecule has 0 aromatic carbocycles. The summed E-state index contributed by atoms with van der Waals surface area (Å²) < 4.78 is 22.8. The quantitative estimate of drug-likeness (QED) is 0.407. The van der Waals surface area contributed by atoms with Crippen molar-refractivity contribution in [1.29, 1.82) is 0 Å². The SMILES string of the molecule is CCCC/C=C\B(F)F. The molecule has 0 heterocycles. The molecule has 0 fully saturated rings. The number of allylic oxidation sites excluding steroid dienone is 1. The summed E-state index contributed by atoms with van der Waals surface area (Å²) in [5.41, 5.74) is 0. The van der Waals surface area contributed by atoms with E-state index in [9.17, 15) is 8.63 Å². The van der Waals surface area contributed by atoms with Crippen molar-refractivity contribution in [2.24, 2.45) is 0 Å². The van der Waals surface area contributed by atoms with Crippen molar-refractivity contribution in [1.82, 2.24) is 0 Å². The Bertz CT molecular complexity index is 81.1. The molecule has 9 heavy (non-hydrogen) atoms. The summed E-state index contributed by atoms with van der Waals surface area (Å²) in [6.45, 7) is 2.04.